The number of nitrogens with zero attached hydrogens (tertiary/aromatic N) is 2. The summed E-state index contributed by atoms with van der Waals surface area (Å²) in [4.78, 5) is 7.03. The second kappa shape index (κ2) is 8.34. The van der Waals surface area contributed by atoms with Gasteiger partial charge in [0.1, 0.15) is 0 Å². The Hall–Kier alpha value is -0.770. The van der Waals surface area contributed by atoms with Crippen molar-refractivity contribution in [3.8, 4) is 0 Å². The summed E-state index contributed by atoms with van der Waals surface area (Å²) < 4.78 is 5.23. The SMILES string of the molecule is CCCCN=C(NCC)N1CCC(COC)C1. The van der Waals surface area contributed by atoms with Crippen LogP contribution in [0.25, 0.3) is 0 Å². The van der Waals surface area contributed by atoms with Crippen molar-refractivity contribution in [1.82, 2.24) is 10.2 Å². The van der Waals surface area contributed by atoms with Crippen molar-refractivity contribution < 1.29 is 4.74 Å². The highest BCUT2D eigenvalue weighted by atomic mass is 16.5. The maximum absolute atomic E-state index is 5.23. The highest BCUT2D eigenvalue weighted by Gasteiger charge is 2.24. The van der Waals surface area contributed by atoms with Crippen LogP contribution in [0, 0.1) is 5.92 Å². The van der Waals surface area contributed by atoms with Crippen molar-refractivity contribution in [1.29, 1.82) is 0 Å². The molecule has 1 unspecified atom stereocenters. The number of nitrogens with one attached hydrogen (secondary N) is 1. The van der Waals surface area contributed by atoms with Crippen LogP contribution >= 0.6 is 0 Å². The topological polar surface area (TPSA) is 36.9 Å². The zero-order valence-electron chi connectivity index (χ0n) is 11.5. The van der Waals surface area contributed by atoms with Crippen molar-refractivity contribution in [3.05, 3.63) is 0 Å². The molecule has 100 valence electrons. The smallest absolute Gasteiger partial charge is 0.193 e. The summed E-state index contributed by atoms with van der Waals surface area (Å²) in [5, 5.41) is 3.38. The Morgan fingerprint density at radius 3 is 2.94 bits per heavy atom. The molecule has 1 fully saturated rings. The van der Waals surface area contributed by atoms with Crippen LogP contribution in [0.15, 0.2) is 4.99 Å². The largest absolute Gasteiger partial charge is 0.384 e. The fourth-order valence-electron chi connectivity index (χ4n) is 2.17. The highest BCUT2D eigenvalue weighted by Crippen LogP contribution is 2.16. The molecule has 0 aromatic carbocycles. The summed E-state index contributed by atoms with van der Waals surface area (Å²) in [6.07, 6.45) is 3.59. The van der Waals surface area contributed by atoms with Gasteiger partial charge in [0.05, 0.1) is 6.61 Å². The van der Waals surface area contributed by atoms with Gasteiger partial charge in [-0.1, -0.05) is 13.3 Å². The molecule has 0 bridgehead atoms. The van der Waals surface area contributed by atoms with Crippen LogP contribution < -0.4 is 5.32 Å². The van der Waals surface area contributed by atoms with E-state index in [2.05, 4.69) is 29.1 Å². The Bertz CT molecular complexity index is 231. The summed E-state index contributed by atoms with van der Waals surface area (Å²) in [6, 6.07) is 0. The van der Waals surface area contributed by atoms with Gasteiger partial charge in [0.2, 0.25) is 0 Å². The predicted molar refractivity (Wildman–Crippen MR) is 72.4 cm³/mol. The van der Waals surface area contributed by atoms with Gasteiger partial charge < -0.3 is 15.0 Å². The average Bonchev–Trinajstić information content (AvgIpc) is 2.77. The van der Waals surface area contributed by atoms with Gasteiger partial charge in [0.25, 0.3) is 0 Å². The van der Waals surface area contributed by atoms with Crippen LogP contribution in [0.2, 0.25) is 0 Å². The number of likely N-dealkylation sites (tertiary alicyclic amines) is 1. The summed E-state index contributed by atoms with van der Waals surface area (Å²) in [6.45, 7) is 9.24. The van der Waals surface area contributed by atoms with Crippen molar-refractivity contribution in [2.45, 2.75) is 33.1 Å². The van der Waals surface area contributed by atoms with Crippen LogP contribution in [-0.2, 0) is 4.74 Å². The van der Waals surface area contributed by atoms with Gasteiger partial charge in [0, 0.05) is 39.2 Å². The minimum Gasteiger partial charge on any atom is -0.384 e. The van der Waals surface area contributed by atoms with Crippen molar-refractivity contribution in [3.63, 3.8) is 0 Å². The number of aliphatic imine (C=N–C) groups is 1. The van der Waals surface area contributed by atoms with E-state index < -0.39 is 0 Å². The summed E-state index contributed by atoms with van der Waals surface area (Å²) in [7, 11) is 1.78. The van der Waals surface area contributed by atoms with Gasteiger partial charge in [-0.05, 0) is 19.8 Å². The van der Waals surface area contributed by atoms with Gasteiger partial charge in [-0.3, -0.25) is 4.99 Å². The molecule has 1 aliphatic rings. The van der Waals surface area contributed by atoms with E-state index in [1.54, 1.807) is 7.11 Å². The molecule has 0 spiro atoms. The zero-order valence-corrected chi connectivity index (χ0v) is 11.5. The van der Waals surface area contributed by atoms with E-state index in [9.17, 15) is 0 Å². The first-order valence-corrected chi connectivity index (χ1v) is 6.84. The highest BCUT2D eigenvalue weighted by molar-refractivity contribution is 5.80. The lowest BCUT2D eigenvalue weighted by Gasteiger charge is -2.21. The molecule has 0 aromatic rings. The number of rotatable bonds is 6. The van der Waals surface area contributed by atoms with E-state index >= 15 is 0 Å². The Kier molecular flexibility index (Phi) is 7.01. The number of guanidine groups is 1. The fourth-order valence-corrected chi connectivity index (χ4v) is 2.17. The minimum atomic E-state index is 0.662. The Morgan fingerprint density at radius 2 is 2.29 bits per heavy atom. The van der Waals surface area contributed by atoms with Gasteiger partial charge in [-0.15, -0.1) is 0 Å². The average molecular weight is 241 g/mol. The standard InChI is InChI=1S/C13H27N3O/c1-4-6-8-15-13(14-5-2)16-9-7-12(10-16)11-17-3/h12H,4-11H2,1-3H3,(H,14,15). The molecule has 0 aliphatic carbocycles. The van der Waals surface area contributed by atoms with E-state index in [0.717, 1.165) is 38.7 Å². The second-order valence-corrected chi connectivity index (χ2v) is 4.65. The number of unbranched alkanes of at least 4 members (excludes halogenated alkanes) is 1. The van der Waals surface area contributed by atoms with Crippen LogP contribution in [-0.4, -0.2) is 50.8 Å². The fraction of sp³-hybridized carbons (Fsp3) is 0.923. The molecule has 1 N–H and O–H groups in total. The normalized spacial score (nSPS) is 21.0. The monoisotopic (exact) mass is 241 g/mol. The van der Waals surface area contributed by atoms with Gasteiger partial charge in [-0.25, -0.2) is 0 Å². The summed E-state index contributed by atoms with van der Waals surface area (Å²) in [5.41, 5.74) is 0. The molecule has 1 aliphatic heterocycles. The van der Waals surface area contributed by atoms with E-state index in [1.165, 1.54) is 19.3 Å². The molecule has 0 radical (unpaired) electrons. The lowest BCUT2D eigenvalue weighted by atomic mass is 10.1. The van der Waals surface area contributed by atoms with E-state index in [-0.39, 0.29) is 0 Å². The molecule has 4 heteroatoms. The van der Waals surface area contributed by atoms with Crippen LogP contribution in [0.5, 0.6) is 0 Å². The van der Waals surface area contributed by atoms with Gasteiger partial charge >= 0.3 is 0 Å². The Balaban J connectivity index is 2.44. The van der Waals surface area contributed by atoms with Crippen molar-refractivity contribution >= 4 is 5.96 Å². The molecule has 1 saturated heterocycles. The van der Waals surface area contributed by atoms with E-state index in [0.29, 0.717) is 5.92 Å². The maximum Gasteiger partial charge on any atom is 0.193 e. The summed E-state index contributed by atoms with van der Waals surface area (Å²) in [5.74, 6) is 1.74. The second-order valence-electron chi connectivity index (χ2n) is 4.65. The molecular formula is C13H27N3O. The Labute approximate surface area is 105 Å². The van der Waals surface area contributed by atoms with Gasteiger partial charge in [-0.2, -0.15) is 0 Å². The lowest BCUT2D eigenvalue weighted by Crippen LogP contribution is -2.40. The Morgan fingerprint density at radius 1 is 1.47 bits per heavy atom. The molecule has 4 nitrogen and oxygen atoms in total. The third-order valence-electron chi connectivity index (χ3n) is 3.10. The molecule has 0 aromatic heterocycles. The van der Waals surface area contributed by atoms with Gasteiger partial charge in [0.15, 0.2) is 5.96 Å². The van der Waals surface area contributed by atoms with Crippen LogP contribution in [0.4, 0.5) is 0 Å². The number of hydrogen-bond donors (Lipinski definition) is 1. The van der Waals surface area contributed by atoms with Crippen molar-refractivity contribution in [2.75, 3.05) is 39.9 Å². The van der Waals surface area contributed by atoms with Crippen LogP contribution in [0.3, 0.4) is 0 Å². The third kappa shape index (κ3) is 4.94. The minimum absolute atomic E-state index is 0.662. The molecule has 0 amide bonds. The lowest BCUT2D eigenvalue weighted by molar-refractivity contribution is 0.157. The van der Waals surface area contributed by atoms with E-state index in [4.69, 9.17) is 4.74 Å². The first-order chi connectivity index (χ1) is 8.31. The third-order valence-corrected chi connectivity index (χ3v) is 3.10. The zero-order chi connectivity index (χ0) is 12.5. The number of hydrogen-bond acceptors (Lipinski definition) is 2. The number of ether oxygens (including phenoxy) is 1. The quantitative estimate of drug-likeness (QED) is 0.437. The predicted octanol–water partition coefficient (Wildman–Crippen LogP) is 1.72. The molecule has 1 atom stereocenters. The summed E-state index contributed by atoms with van der Waals surface area (Å²) >= 11 is 0. The van der Waals surface area contributed by atoms with Crippen molar-refractivity contribution in [2.24, 2.45) is 10.9 Å². The number of methoxy groups -OCH3 is 1. The first-order valence-electron chi connectivity index (χ1n) is 6.84. The van der Waals surface area contributed by atoms with E-state index in [1.807, 2.05) is 0 Å². The van der Waals surface area contributed by atoms with Crippen LogP contribution in [0.1, 0.15) is 33.1 Å². The molecule has 1 heterocycles. The molecule has 0 saturated carbocycles. The first kappa shape index (κ1) is 14.3. The molecule has 1 rings (SSSR count). The maximum atomic E-state index is 5.23. The molecular weight excluding hydrogens is 214 g/mol. The molecule has 17 heavy (non-hydrogen) atoms.